The highest BCUT2D eigenvalue weighted by Crippen LogP contribution is 2.36. The van der Waals surface area contributed by atoms with Gasteiger partial charge in [-0.2, -0.15) is 0 Å². The molecule has 0 heterocycles. The van der Waals surface area contributed by atoms with Crippen molar-refractivity contribution in [2.45, 2.75) is 25.4 Å². The summed E-state index contributed by atoms with van der Waals surface area (Å²) in [6.45, 7) is 2.27. The summed E-state index contributed by atoms with van der Waals surface area (Å²) in [7, 11) is 3.22. The molecule has 0 aromatic heterocycles. The Bertz CT molecular complexity index is 518. The fourth-order valence-electron chi connectivity index (χ4n) is 2.67. The second-order valence-corrected chi connectivity index (χ2v) is 5.69. The topological polar surface area (TPSA) is 50.7 Å². The number of aliphatic hydroxyl groups excluding tert-OH is 1. The number of hydrogen-bond donors (Lipinski definition) is 2. The number of nitrogens with one attached hydrogen (secondary N) is 1. The Kier molecular flexibility index (Phi) is 5.51. The lowest BCUT2D eigenvalue weighted by atomic mass is 10.0. The van der Waals surface area contributed by atoms with Crippen molar-refractivity contribution in [1.82, 2.24) is 5.32 Å². The Morgan fingerprint density at radius 2 is 2.00 bits per heavy atom. The molecule has 1 aromatic carbocycles. The third-order valence-corrected chi connectivity index (χ3v) is 4.14. The van der Waals surface area contributed by atoms with Crippen LogP contribution in [0.5, 0.6) is 11.5 Å². The van der Waals surface area contributed by atoms with E-state index in [2.05, 4.69) is 24.4 Å². The van der Waals surface area contributed by atoms with Crippen LogP contribution in [-0.4, -0.2) is 32.0 Å². The van der Waals surface area contributed by atoms with Crippen molar-refractivity contribution in [3.8, 4) is 11.5 Å². The highest BCUT2D eigenvalue weighted by atomic mass is 35.5. The molecule has 21 heavy (non-hydrogen) atoms. The first-order valence-corrected chi connectivity index (χ1v) is 7.43. The molecule has 1 unspecified atom stereocenters. The Morgan fingerprint density at radius 3 is 2.57 bits per heavy atom. The van der Waals surface area contributed by atoms with Gasteiger partial charge in [-0.15, -0.1) is 0 Å². The average molecular weight is 312 g/mol. The number of rotatable bonds is 6. The van der Waals surface area contributed by atoms with E-state index in [1.165, 1.54) is 0 Å². The average Bonchev–Trinajstić information content (AvgIpc) is 2.94. The van der Waals surface area contributed by atoms with E-state index in [0.29, 0.717) is 10.8 Å². The van der Waals surface area contributed by atoms with Crippen molar-refractivity contribution in [2.75, 3.05) is 20.8 Å². The molecule has 0 saturated carbocycles. The van der Waals surface area contributed by atoms with Crippen LogP contribution in [0.4, 0.5) is 0 Å². The molecule has 2 N–H and O–H groups in total. The molecule has 5 heteroatoms. The lowest BCUT2D eigenvalue weighted by Crippen LogP contribution is -2.29. The molecule has 1 aliphatic carbocycles. The van der Waals surface area contributed by atoms with Crippen molar-refractivity contribution in [2.24, 2.45) is 5.92 Å². The van der Waals surface area contributed by atoms with Gasteiger partial charge < -0.3 is 19.9 Å². The molecule has 1 aliphatic rings. The first-order valence-electron chi connectivity index (χ1n) is 7.05. The number of halogens is 1. The third kappa shape index (κ3) is 3.70. The van der Waals surface area contributed by atoms with E-state index >= 15 is 0 Å². The lowest BCUT2D eigenvalue weighted by molar-refractivity contribution is 0.245. The van der Waals surface area contributed by atoms with Gasteiger partial charge in [0, 0.05) is 36.2 Å². The number of methoxy groups -OCH3 is 2. The number of benzene rings is 1. The first kappa shape index (κ1) is 16.1. The van der Waals surface area contributed by atoms with Crippen molar-refractivity contribution < 1.29 is 14.6 Å². The molecule has 3 atom stereocenters. The van der Waals surface area contributed by atoms with Gasteiger partial charge in [-0.1, -0.05) is 23.8 Å². The molecule has 0 radical (unpaired) electrons. The van der Waals surface area contributed by atoms with E-state index < -0.39 is 0 Å². The minimum Gasteiger partial charge on any atom is -0.496 e. The number of aliphatic hydroxyl groups is 1. The van der Waals surface area contributed by atoms with Crippen LogP contribution in [0.25, 0.3) is 0 Å². The molecule has 116 valence electrons. The molecule has 2 rings (SSSR count). The highest BCUT2D eigenvalue weighted by Gasteiger charge is 2.22. The second kappa shape index (κ2) is 7.16. The van der Waals surface area contributed by atoms with Gasteiger partial charge >= 0.3 is 0 Å². The van der Waals surface area contributed by atoms with Gasteiger partial charge in [-0.25, -0.2) is 0 Å². The van der Waals surface area contributed by atoms with Crippen molar-refractivity contribution in [3.63, 3.8) is 0 Å². The summed E-state index contributed by atoms with van der Waals surface area (Å²) in [6.07, 6.45) is 5.07. The van der Waals surface area contributed by atoms with Crippen molar-refractivity contribution in [3.05, 3.63) is 34.9 Å². The molecule has 0 bridgehead atoms. The second-order valence-electron chi connectivity index (χ2n) is 5.29. The Labute approximate surface area is 130 Å². The maximum atomic E-state index is 9.18. The molecule has 4 nitrogen and oxygen atoms in total. The molecule has 0 amide bonds. The van der Waals surface area contributed by atoms with Crippen LogP contribution in [-0.2, 0) is 0 Å². The van der Waals surface area contributed by atoms with Crippen molar-refractivity contribution in [1.29, 1.82) is 0 Å². The summed E-state index contributed by atoms with van der Waals surface area (Å²) in [5.41, 5.74) is 0.990. The number of ether oxygens (including phenoxy) is 2. The summed E-state index contributed by atoms with van der Waals surface area (Å²) < 4.78 is 10.6. The molecule has 0 aliphatic heterocycles. The highest BCUT2D eigenvalue weighted by molar-refractivity contribution is 6.32. The largest absolute Gasteiger partial charge is 0.496 e. The van der Waals surface area contributed by atoms with E-state index in [9.17, 15) is 5.11 Å². The predicted octanol–water partition coefficient (Wildman–Crippen LogP) is 2.94. The van der Waals surface area contributed by atoms with Crippen molar-refractivity contribution >= 4 is 11.6 Å². The third-order valence-electron chi connectivity index (χ3n) is 3.84. The van der Waals surface area contributed by atoms with Gasteiger partial charge in [0.1, 0.15) is 11.5 Å². The summed E-state index contributed by atoms with van der Waals surface area (Å²) in [6, 6.07) is 4.01. The van der Waals surface area contributed by atoms with Crippen LogP contribution >= 0.6 is 11.6 Å². The van der Waals surface area contributed by atoms with Crippen LogP contribution < -0.4 is 14.8 Å². The Hall–Kier alpha value is -1.23. The Balaban J connectivity index is 2.13. The SMILES string of the molecule is COc1cc(OC)c(C(C)N[C@@H]2C=C[C@H](CO)C2)cc1Cl. The fraction of sp³-hybridized carbons (Fsp3) is 0.500. The van der Waals surface area contributed by atoms with Gasteiger partial charge in [-0.3, -0.25) is 0 Å². The number of hydrogen-bond acceptors (Lipinski definition) is 4. The van der Waals surface area contributed by atoms with Gasteiger partial charge in [0.2, 0.25) is 0 Å². The molecular weight excluding hydrogens is 290 g/mol. The molecular formula is C16H22ClNO3. The lowest BCUT2D eigenvalue weighted by Gasteiger charge is -2.22. The van der Waals surface area contributed by atoms with Crippen LogP contribution in [0.1, 0.15) is 24.9 Å². The zero-order chi connectivity index (χ0) is 15.4. The zero-order valence-corrected chi connectivity index (χ0v) is 13.4. The summed E-state index contributed by atoms with van der Waals surface area (Å²) >= 11 is 6.21. The zero-order valence-electron chi connectivity index (χ0n) is 12.6. The normalized spacial score (nSPS) is 22.3. The van der Waals surface area contributed by atoms with Crippen LogP contribution in [0, 0.1) is 5.92 Å². The van der Waals surface area contributed by atoms with Gasteiger partial charge in [-0.05, 0) is 19.4 Å². The van der Waals surface area contributed by atoms with E-state index in [0.717, 1.165) is 17.7 Å². The maximum absolute atomic E-state index is 9.18. The predicted molar refractivity (Wildman–Crippen MR) is 84.2 cm³/mol. The Morgan fingerprint density at radius 1 is 1.29 bits per heavy atom. The van der Waals surface area contributed by atoms with Crippen LogP contribution in [0.3, 0.4) is 0 Å². The van der Waals surface area contributed by atoms with E-state index in [1.807, 2.05) is 6.07 Å². The molecule has 0 saturated heterocycles. The molecule has 1 aromatic rings. The van der Waals surface area contributed by atoms with Gasteiger partial charge in [0.15, 0.2) is 0 Å². The van der Waals surface area contributed by atoms with E-state index in [4.69, 9.17) is 21.1 Å². The van der Waals surface area contributed by atoms with E-state index in [1.54, 1.807) is 20.3 Å². The summed E-state index contributed by atoms with van der Waals surface area (Å²) in [5.74, 6) is 1.60. The van der Waals surface area contributed by atoms with Crippen LogP contribution in [0.15, 0.2) is 24.3 Å². The monoisotopic (exact) mass is 311 g/mol. The van der Waals surface area contributed by atoms with E-state index in [-0.39, 0.29) is 24.6 Å². The standard InChI is InChI=1S/C16H22ClNO3/c1-10(18-12-5-4-11(6-12)9-19)13-7-14(17)16(21-3)8-15(13)20-2/h4-5,7-8,10-12,18-19H,6,9H2,1-3H3/t10?,11-,12+/m0/s1. The fourth-order valence-corrected chi connectivity index (χ4v) is 2.92. The summed E-state index contributed by atoms with van der Waals surface area (Å²) in [5, 5.41) is 13.3. The molecule has 0 fully saturated rings. The summed E-state index contributed by atoms with van der Waals surface area (Å²) in [4.78, 5) is 0. The quantitative estimate of drug-likeness (QED) is 0.793. The van der Waals surface area contributed by atoms with Gasteiger partial charge in [0.05, 0.1) is 19.2 Å². The van der Waals surface area contributed by atoms with Crippen LogP contribution in [0.2, 0.25) is 5.02 Å². The maximum Gasteiger partial charge on any atom is 0.141 e. The minimum absolute atomic E-state index is 0.0791. The minimum atomic E-state index is 0.0791. The van der Waals surface area contributed by atoms with Gasteiger partial charge in [0.25, 0.3) is 0 Å². The first-order chi connectivity index (χ1) is 10.1. The smallest absolute Gasteiger partial charge is 0.141 e. The molecule has 0 spiro atoms.